The molecule has 1 aliphatic heterocycles. The first-order chi connectivity index (χ1) is 8.00. The lowest BCUT2D eigenvalue weighted by Gasteiger charge is -2.38. The molecule has 3 nitrogen and oxygen atoms in total. The zero-order valence-corrected chi connectivity index (χ0v) is 12.3. The normalized spacial score (nSPS) is 25.1. The van der Waals surface area contributed by atoms with Gasteiger partial charge in [-0.3, -0.25) is 0 Å². The van der Waals surface area contributed by atoms with Crippen molar-refractivity contribution in [3.05, 3.63) is 16.5 Å². The molecular formula is C12H18ClN3S. The second-order valence-electron chi connectivity index (χ2n) is 4.52. The molecule has 0 aliphatic carbocycles. The fourth-order valence-corrected chi connectivity index (χ4v) is 3.36. The first kappa shape index (κ1) is 13.0. The second-order valence-corrected chi connectivity index (χ2v) is 6.36. The van der Waals surface area contributed by atoms with Crippen molar-refractivity contribution >= 4 is 29.2 Å². The van der Waals surface area contributed by atoms with Crippen molar-refractivity contribution in [2.75, 3.05) is 17.2 Å². The van der Waals surface area contributed by atoms with Crippen LogP contribution in [0.2, 0.25) is 5.15 Å². The molecule has 1 aromatic rings. The highest BCUT2D eigenvalue weighted by Crippen LogP contribution is 2.31. The van der Waals surface area contributed by atoms with Gasteiger partial charge in [0.2, 0.25) is 0 Å². The fraction of sp³-hybridized carbons (Fsp3) is 0.667. The number of aromatic nitrogens is 2. The number of halogens is 1. The van der Waals surface area contributed by atoms with Crippen LogP contribution in [0.15, 0.2) is 0 Å². The van der Waals surface area contributed by atoms with E-state index in [2.05, 4.69) is 28.7 Å². The van der Waals surface area contributed by atoms with Crippen LogP contribution in [0.1, 0.15) is 25.2 Å². The predicted octanol–water partition coefficient (Wildman–Crippen LogP) is 3.08. The van der Waals surface area contributed by atoms with E-state index < -0.39 is 0 Å². The number of hydrogen-bond donors (Lipinski definition) is 0. The molecule has 1 aromatic heterocycles. The summed E-state index contributed by atoms with van der Waals surface area (Å²) in [5.41, 5.74) is 1.87. The van der Waals surface area contributed by atoms with Crippen LogP contribution in [0.25, 0.3) is 0 Å². The molecular weight excluding hydrogens is 254 g/mol. The van der Waals surface area contributed by atoms with Crippen molar-refractivity contribution in [3.63, 3.8) is 0 Å². The largest absolute Gasteiger partial charge is 0.349 e. The summed E-state index contributed by atoms with van der Waals surface area (Å²) in [6, 6.07) is 0.447. The number of nitrogens with zero attached hydrogens (tertiary/aromatic N) is 3. The van der Waals surface area contributed by atoms with Crippen LogP contribution < -0.4 is 4.90 Å². The van der Waals surface area contributed by atoms with Crippen LogP contribution in [0.3, 0.4) is 0 Å². The van der Waals surface area contributed by atoms with Crippen molar-refractivity contribution in [3.8, 4) is 0 Å². The van der Waals surface area contributed by atoms with Gasteiger partial charge in [-0.2, -0.15) is 11.8 Å². The molecule has 0 saturated carbocycles. The van der Waals surface area contributed by atoms with Gasteiger partial charge in [-0.25, -0.2) is 9.97 Å². The minimum absolute atomic E-state index is 0.447. The van der Waals surface area contributed by atoms with Crippen LogP contribution in [-0.2, 0) is 0 Å². The molecule has 0 N–H and O–H groups in total. The topological polar surface area (TPSA) is 29.0 Å². The van der Waals surface area contributed by atoms with E-state index in [1.54, 1.807) is 0 Å². The summed E-state index contributed by atoms with van der Waals surface area (Å²) in [6.45, 7) is 9.39. The Bertz CT molecular complexity index is 424. The maximum Gasteiger partial charge on any atom is 0.171 e. The molecule has 1 aliphatic rings. The molecule has 2 rings (SSSR count). The SMILES string of the molecule is Cc1nc(Cl)c(N2CCSC(C)C2C)nc1C. The number of hydrogen-bond acceptors (Lipinski definition) is 4. The van der Waals surface area contributed by atoms with Gasteiger partial charge in [-0.05, 0) is 20.8 Å². The molecule has 0 spiro atoms. The number of thioether (sulfide) groups is 1. The first-order valence-corrected chi connectivity index (χ1v) is 7.32. The summed E-state index contributed by atoms with van der Waals surface area (Å²) in [7, 11) is 0. The van der Waals surface area contributed by atoms with E-state index in [4.69, 9.17) is 11.6 Å². The summed E-state index contributed by atoms with van der Waals surface area (Å²) in [5.74, 6) is 1.96. The van der Waals surface area contributed by atoms with Gasteiger partial charge in [0.25, 0.3) is 0 Å². The van der Waals surface area contributed by atoms with Gasteiger partial charge in [0.15, 0.2) is 11.0 Å². The molecule has 5 heteroatoms. The van der Waals surface area contributed by atoms with Gasteiger partial charge < -0.3 is 4.90 Å². The molecule has 2 unspecified atom stereocenters. The zero-order valence-electron chi connectivity index (χ0n) is 10.7. The molecule has 1 fully saturated rings. The van der Waals surface area contributed by atoms with Crippen LogP contribution in [-0.4, -0.2) is 33.6 Å². The standard InChI is InChI=1S/C12H18ClN3S/c1-7-8(2)15-12(11(13)14-7)16-5-6-17-10(4)9(16)3/h9-10H,5-6H2,1-4H3. The monoisotopic (exact) mass is 271 g/mol. The number of anilines is 1. The van der Waals surface area contributed by atoms with Gasteiger partial charge >= 0.3 is 0 Å². The summed E-state index contributed by atoms with van der Waals surface area (Å²) in [4.78, 5) is 11.2. The minimum atomic E-state index is 0.447. The highest BCUT2D eigenvalue weighted by molar-refractivity contribution is 8.00. The Labute approximate surface area is 112 Å². The number of rotatable bonds is 1. The van der Waals surface area contributed by atoms with Crippen LogP contribution in [0, 0.1) is 13.8 Å². The average Bonchev–Trinajstić information content (AvgIpc) is 2.28. The van der Waals surface area contributed by atoms with Crippen molar-refractivity contribution in [2.45, 2.75) is 39.0 Å². The first-order valence-electron chi connectivity index (χ1n) is 5.89. The lowest BCUT2D eigenvalue weighted by atomic mass is 10.2. The molecule has 1 saturated heterocycles. The van der Waals surface area contributed by atoms with Crippen LogP contribution >= 0.6 is 23.4 Å². The van der Waals surface area contributed by atoms with Crippen molar-refractivity contribution in [1.82, 2.24) is 9.97 Å². The van der Waals surface area contributed by atoms with Crippen molar-refractivity contribution in [2.24, 2.45) is 0 Å². The van der Waals surface area contributed by atoms with E-state index in [1.807, 2.05) is 25.6 Å². The summed E-state index contributed by atoms with van der Waals surface area (Å²) in [5, 5.41) is 1.13. The van der Waals surface area contributed by atoms with Gasteiger partial charge in [0.05, 0.1) is 11.4 Å². The van der Waals surface area contributed by atoms with Crippen molar-refractivity contribution < 1.29 is 0 Å². The van der Waals surface area contributed by atoms with E-state index >= 15 is 0 Å². The molecule has 0 aromatic carbocycles. The second kappa shape index (κ2) is 5.02. The Morgan fingerprint density at radius 1 is 1.24 bits per heavy atom. The minimum Gasteiger partial charge on any atom is -0.349 e. The molecule has 2 atom stereocenters. The quantitative estimate of drug-likeness (QED) is 0.785. The summed E-state index contributed by atoms with van der Waals surface area (Å²) in [6.07, 6.45) is 0. The summed E-state index contributed by atoms with van der Waals surface area (Å²) < 4.78 is 0. The van der Waals surface area contributed by atoms with Gasteiger partial charge in [-0.1, -0.05) is 18.5 Å². The van der Waals surface area contributed by atoms with E-state index in [9.17, 15) is 0 Å². The Kier molecular flexibility index (Phi) is 3.83. The highest BCUT2D eigenvalue weighted by Gasteiger charge is 2.28. The van der Waals surface area contributed by atoms with Crippen LogP contribution in [0.5, 0.6) is 0 Å². The van der Waals surface area contributed by atoms with Gasteiger partial charge in [-0.15, -0.1) is 0 Å². The molecule has 0 radical (unpaired) electrons. The number of aryl methyl sites for hydroxylation is 2. The Balaban J connectivity index is 2.36. The molecule has 0 amide bonds. The lowest BCUT2D eigenvalue weighted by Crippen LogP contribution is -2.45. The van der Waals surface area contributed by atoms with E-state index in [0.29, 0.717) is 16.4 Å². The maximum atomic E-state index is 6.23. The van der Waals surface area contributed by atoms with Crippen LogP contribution in [0.4, 0.5) is 5.82 Å². The molecule has 17 heavy (non-hydrogen) atoms. The smallest absolute Gasteiger partial charge is 0.171 e. The Hall–Kier alpha value is -0.480. The molecule has 94 valence electrons. The lowest BCUT2D eigenvalue weighted by molar-refractivity contribution is 0.618. The van der Waals surface area contributed by atoms with Gasteiger partial charge in [0, 0.05) is 23.6 Å². The van der Waals surface area contributed by atoms with E-state index in [-0.39, 0.29) is 0 Å². The fourth-order valence-electron chi connectivity index (χ4n) is 1.98. The van der Waals surface area contributed by atoms with Gasteiger partial charge in [0.1, 0.15) is 0 Å². The molecule has 2 heterocycles. The highest BCUT2D eigenvalue weighted by atomic mass is 35.5. The third-order valence-electron chi connectivity index (χ3n) is 3.40. The van der Waals surface area contributed by atoms with Crippen molar-refractivity contribution in [1.29, 1.82) is 0 Å². The Morgan fingerprint density at radius 2 is 1.88 bits per heavy atom. The predicted molar refractivity (Wildman–Crippen MR) is 75.2 cm³/mol. The van der Waals surface area contributed by atoms with E-state index in [0.717, 1.165) is 29.5 Å². The van der Waals surface area contributed by atoms with E-state index in [1.165, 1.54) is 0 Å². The third kappa shape index (κ3) is 2.52. The average molecular weight is 272 g/mol. The zero-order chi connectivity index (χ0) is 12.6. The maximum absolute atomic E-state index is 6.23. The Morgan fingerprint density at radius 3 is 2.59 bits per heavy atom. The third-order valence-corrected chi connectivity index (χ3v) is 5.00. The molecule has 0 bridgehead atoms. The summed E-state index contributed by atoms with van der Waals surface area (Å²) >= 11 is 8.23.